The van der Waals surface area contributed by atoms with Crippen molar-refractivity contribution >= 4 is 5.97 Å². The molecule has 0 saturated heterocycles. The highest BCUT2D eigenvalue weighted by molar-refractivity contribution is 5.95. The van der Waals surface area contributed by atoms with Crippen LogP contribution in [0.4, 0.5) is 0 Å². The van der Waals surface area contributed by atoms with Crippen molar-refractivity contribution in [1.82, 2.24) is 0 Å². The van der Waals surface area contributed by atoms with Crippen molar-refractivity contribution in [1.29, 1.82) is 0 Å². The molecule has 1 heterocycles. The summed E-state index contributed by atoms with van der Waals surface area (Å²) in [6.07, 6.45) is 0.370. The molecule has 1 aromatic rings. The Bertz CT molecular complexity index is 398. The molecular weight excluding hydrogens is 180 g/mol. The van der Waals surface area contributed by atoms with Gasteiger partial charge in [-0.1, -0.05) is 25.1 Å². The van der Waals surface area contributed by atoms with Crippen molar-refractivity contribution in [2.24, 2.45) is 0 Å². The number of ether oxygens (including phenoxy) is 1. The second-order valence-electron chi connectivity index (χ2n) is 3.52. The van der Waals surface area contributed by atoms with Gasteiger partial charge in [-0.15, -0.1) is 0 Å². The number of fused-ring (bicyclic) bond motifs is 1. The van der Waals surface area contributed by atoms with Gasteiger partial charge in [-0.3, -0.25) is 0 Å². The second-order valence-corrected chi connectivity index (χ2v) is 3.52. The fourth-order valence-electron chi connectivity index (χ4n) is 1.79. The maximum atomic E-state index is 11.5. The van der Waals surface area contributed by atoms with Crippen molar-refractivity contribution in [3.05, 3.63) is 34.9 Å². The van der Waals surface area contributed by atoms with Crippen LogP contribution in [-0.4, -0.2) is 11.1 Å². The second kappa shape index (κ2) is 2.82. The lowest BCUT2D eigenvalue weighted by Crippen LogP contribution is -2.24. The SMILES string of the molecule is CCC1(O)OC(=O)c2c(C)cccc21. The third kappa shape index (κ3) is 1.06. The van der Waals surface area contributed by atoms with E-state index in [4.69, 9.17) is 4.74 Å². The lowest BCUT2D eigenvalue weighted by molar-refractivity contribution is -0.164. The molecule has 0 aliphatic carbocycles. The van der Waals surface area contributed by atoms with Crippen LogP contribution in [0.15, 0.2) is 18.2 Å². The number of aryl methyl sites for hydroxylation is 1. The number of esters is 1. The molecule has 1 atom stereocenters. The van der Waals surface area contributed by atoms with Crippen molar-refractivity contribution in [3.8, 4) is 0 Å². The third-order valence-corrected chi connectivity index (χ3v) is 2.64. The van der Waals surface area contributed by atoms with E-state index < -0.39 is 11.8 Å². The van der Waals surface area contributed by atoms with Crippen LogP contribution < -0.4 is 0 Å². The molecular formula is C11H12O3. The molecule has 14 heavy (non-hydrogen) atoms. The fraction of sp³-hybridized carbons (Fsp3) is 0.364. The van der Waals surface area contributed by atoms with E-state index in [1.54, 1.807) is 13.0 Å². The molecule has 74 valence electrons. The zero-order valence-electron chi connectivity index (χ0n) is 8.20. The molecule has 0 saturated carbocycles. The zero-order chi connectivity index (χ0) is 10.3. The Morgan fingerprint density at radius 2 is 2.21 bits per heavy atom. The average molecular weight is 192 g/mol. The van der Waals surface area contributed by atoms with Gasteiger partial charge < -0.3 is 9.84 Å². The standard InChI is InChI=1S/C11H12O3/c1-3-11(13)8-6-4-5-7(2)9(8)10(12)14-11/h4-6,13H,3H2,1-2H3. The summed E-state index contributed by atoms with van der Waals surface area (Å²) in [5, 5.41) is 10.0. The van der Waals surface area contributed by atoms with Crippen molar-refractivity contribution < 1.29 is 14.6 Å². The number of cyclic esters (lactones) is 1. The van der Waals surface area contributed by atoms with Crippen molar-refractivity contribution in [2.75, 3.05) is 0 Å². The van der Waals surface area contributed by atoms with Crippen LogP contribution in [0.2, 0.25) is 0 Å². The van der Waals surface area contributed by atoms with Gasteiger partial charge in [-0.25, -0.2) is 4.79 Å². The highest BCUT2D eigenvalue weighted by Gasteiger charge is 2.43. The molecule has 3 heteroatoms. The Hall–Kier alpha value is -1.35. The summed E-state index contributed by atoms with van der Waals surface area (Å²) < 4.78 is 4.97. The smallest absolute Gasteiger partial charge is 0.341 e. The molecule has 3 nitrogen and oxygen atoms in total. The van der Waals surface area contributed by atoms with Gasteiger partial charge in [-0.05, 0) is 12.5 Å². The molecule has 1 aromatic carbocycles. The Morgan fingerprint density at radius 1 is 1.50 bits per heavy atom. The Morgan fingerprint density at radius 3 is 2.86 bits per heavy atom. The molecule has 0 spiro atoms. The summed E-state index contributed by atoms with van der Waals surface area (Å²) in [6, 6.07) is 5.38. The highest BCUT2D eigenvalue weighted by Crippen LogP contribution is 2.37. The van der Waals surface area contributed by atoms with Gasteiger partial charge in [0.05, 0.1) is 5.56 Å². The summed E-state index contributed by atoms with van der Waals surface area (Å²) in [5.74, 6) is -1.85. The minimum atomic E-state index is -1.42. The lowest BCUT2D eigenvalue weighted by atomic mass is 9.97. The van der Waals surface area contributed by atoms with Gasteiger partial charge in [0.15, 0.2) is 0 Å². The lowest BCUT2D eigenvalue weighted by Gasteiger charge is -2.19. The van der Waals surface area contributed by atoms with Crippen LogP contribution >= 0.6 is 0 Å². The predicted octanol–water partition coefficient (Wildman–Crippen LogP) is 1.72. The summed E-state index contributed by atoms with van der Waals surface area (Å²) in [5.41, 5.74) is 1.94. The first-order valence-electron chi connectivity index (χ1n) is 4.64. The molecule has 1 unspecified atom stereocenters. The number of rotatable bonds is 1. The number of aliphatic hydroxyl groups is 1. The first-order chi connectivity index (χ1) is 6.58. The number of benzene rings is 1. The monoisotopic (exact) mass is 192 g/mol. The van der Waals surface area contributed by atoms with Crippen LogP contribution in [0, 0.1) is 6.92 Å². The minimum Gasteiger partial charge on any atom is -0.425 e. The fourth-order valence-corrected chi connectivity index (χ4v) is 1.79. The summed E-state index contributed by atoms with van der Waals surface area (Å²) >= 11 is 0. The van der Waals surface area contributed by atoms with Crippen LogP contribution in [0.25, 0.3) is 0 Å². The molecule has 0 aromatic heterocycles. The maximum absolute atomic E-state index is 11.5. The van der Waals surface area contributed by atoms with Crippen molar-refractivity contribution in [2.45, 2.75) is 26.1 Å². The maximum Gasteiger partial charge on any atom is 0.341 e. The average Bonchev–Trinajstić information content (AvgIpc) is 2.41. The van der Waals surface area contributed by atoms with E-state index in [2.05, 4.69) is 0 Å². The minimum absolute atomic E-state index is 0.370. The predicted molar refractivity (Wildman–Crippen MR) is 50.8 cm³/mol. The number of carbonyl (C=O) groups excluding carboxylic acids is 1. The molecule has 2 rings (SSSR count). The molecule has 0 radical (unpaired) electrons. The summed E-state index contributed by atoms with van der Waals surface area (Å²) in [7, 11) is 0. The normalized spacial score (nSPS) is 24.6. The zero-order valence-corrected chi connectivity index (χ0v) is 8.20. The number of hydrogen-bond donors (Lipinski definition) is 1. The topological polar surface area (TPSA) is 46.5 Å². The highest BCUT2D eigenvalue weighted by atomic mass is 16.7. The van der Waals surface area contributed by atoms with E-state index in [-0.39, 0.29) is 0 Å². The Labute approximate surface area is 82.3 Å². The first kappa shape index (κ1) is 9.21. The van der Waals surface area contributed by atoms with Gasteiger partial charge in [0.2, 0.25) is 5.79 Å². The van der Waals surface area contributed by atoms with Crippen molar-refractivity contribution in [3.63, 3.8) is 0 Å². The van der Waals surface area contributed by atoms with Crippen LogP contribution in [0.5, 0.6) is 0 Å². The van der Waals surface area contributed by atoms with E-state index in [0.717, 1.165) is 5.56 Å². The van der Waals surface area contributed by atoms with E-state index in [1.165, 1.54) is 0 Å². The molecule has 0 bridgehead atoms. The van der Waals surface area contributed by atoms with Crippen LogP contribution in [0.1, 0.15) is 34.8 Å². The summed E-state index contributed by atoms with van der Waals surface area (Å²) in [6.45, 7) is 3.62. The molecule has 1 N–H and O–H groups in total. The summed E-state index contributed by atoms with van der Waals surface area (Å²) in [4.78, 5) is 11.5. The largest absolute Gasteiger partial charge is 0.425 e. The van der Waals surface area contributed by atoms with Crippen LogP contribution in [0.3, 0.4) is 0 Å². The van der Waals surface area contributed by atoms with Gasteiger partial charge in [0.1, 0.15) is 0 Å². The van der Waals surface area contributed by atoms with Gasteiger partial charge in [0.25, 0.3) is 0 Å². The van der Waals surface area contributed by atoms with Gasteiger partial charge in [-0.2, -0.15) is 0 Å². The van der Waals surface area contributed by atoms with Gasteiger partial charge in [0, 0.05) is 12.0 Å². The van der Waals surface area contributed by atoms with E-state index in [0.29, 0.717) is 17.5 Å². The molecule has 0 fully saturated rings. The number of hydrogen-bond acceptors (Lipinski definition) is 3. The molecule has 0 amide bonds. The Balaban J connectivity index is 2.66. The molecule has 1 aliphatic rings. The van der Waals surface area contributed by atoms with E-state index >= 15 is 0 Å². The van der Waals surface area contributed by atoms with Crippen LogP contribution in [-0.2, 0) is 10.5 Å². The third-order valence-electron chi connectivity index (χ3n) is 2.64. The number of carbonyl (C=O) groups is 1. The Kier molecular flexibility index (Phi) is 1.86. The van der Waals surface area contributed by atoms with E-state index in [1.807, 2.05) is 19.1 Å². The first-order valence-corrected chi connectivity index (χ1v) is 4.64. The van der Waals surface area contributed by atoms with Gasteiger partial charge >= 0.3 is 5.97 Å². The molecule has 1 aliphatic heterocycles. The van der Waals surface area contributed by atoms with E-state index in [9.17, 15) is 9.90 Å². The quantitative estimate of drug-likeness (QED) is 0.689.